The number of ether oxygens (including phenoxy) is 1. The average molecular weight is 676 g/mol. The Kier molecular flexibility index (Phi) is 10.7. The van der Waals surface area contributed by atoms with Gasteiger partial charge in [-0.1, -0.05) is 0 Å². The summed E-state index contributed by atoms with van der Waals surface area (Å²) in [4.78, 5) is -1.18. The smallest absolute Gasteiger partial charge is 0.744 e. The van der Waals surface area contributed by atoms with Crippen LogP contribution in [0.2, 0.25) is 0 Å². The normalized spacial score (nSPS) is 15.7. The molecule has 0 aliphatic carbocycles. The summed E-state index contributed by atoms with van der Waals surface area (Å²) in [7, 11) is -5.26. The number of halogens is 19. The van der Waals surface area contributed by atoms with Crippen molar-refractivity contribution >= 4 is 10.1 Å². The molecule has 4 nitrogen and oxygen atoms in total. The zero-order chi connectivity index (χ0) is 32.3. The molecule has 0 radical (unpaired) electrons. The first-order valence-electron chi connectivity index (χ1n) is 8.77. The van der Waals surface area contributed by atoms with Gasteiger partial charge in [0.15, 0.2) is 0 Å². The van der Waals surface area contributed by atoms with Gasteiger partial charge < -0.3 is 9.29 Å². The van der Waals surface area contributed by atoms with Crippen molar-refractivity contribution in [3.63, 3.8) is 0 Å². The molecule has 0 saturated carbocycles. The molecule has 1 aromatic carbocycles. The molecule has 0 heterocycles. The van der Waals surface area contributed by atoms with Gasteiger partial charge in [-0.05, 0) is 24.3 Å². The Morgan fingerprint density at radius 1 is 0.585 bits per heavy atom. The largest absolute Gasteiger partial charge is 1.00 e. The molecule has 1 rings (SSSR count). The maximum absolute atomic E-state index is 13.7. The van der Waals surface area contributed by atoms with Gasteiger partial charge >= 0.3 is 83.2 Å². The van der Waals surface area contributed by atoms with Crippen molar-refractivity contribution in [2.45, 2.75) is 52.5 Å². The topological polar surface area (TPSA) is 66.4 Å². The SMILES string of the molecule is O=S(=O)([O-])c1ccc(O/C(F)=C(\F)C(F)(F)C(F)(F)C(F)(F)C(F)(F)C(F)(F)C(F)(F)C(F)(F)C(F)(F)F)cc1.[Na+]. The first-order chi connectivity index (χ1) is 17.3. The van der Waals surface area contributed by atoms with Crippen molar-refractivity contribution in [1.29, 1.82) is 0 Å². The quantitative estimate of drug-likeness (QED) is 0.162. The van der Waals surface area contributed by atoms with E-state index in [4.69, 9.17) is 0 Å². The monoisotopic (exact) mass is 676 g/mol. The van der Waals surface area contributed by atoms with Crippen LogP contribution in [0.1, 0.15) is 0 Å². The molecular weight excluding hydrogens is 672 g/mol. The molecule has 41 heavy (non-hydrogen) atoms. The minimum absolute atomic E-state index is 0. The van der Waals surface area contributed by atoms with E-state index in [0.29, 0.717) is 0 Å². The summed E-state index contributed by atoms with van der Waals surface area (Å²) in [6.45, 7) is 0. The maximum atomic E-state index is 13.7. The predicted molar refractivity (Wildman–Crippen MR) is 85.0 cm³/mol. The first-order valence-corrected chi connectivity index (χ1v) is 10.2. The Hall–Kier alpha value is -1.66. The molecule has 0 N–H and O–H groups in total. The van der Waals surface area contributed by atoms with Crippen molar-refractivity contribution in [3.8, 4) is 5.75 Å². The summed E-state index contributed by atoms with van der Waals surface area (Å²) in [5.41, 5.74) is 0. The van der Waals surface area contributed by atoms with E-state index in [1.54, 1.807) is 0 Å². The van der Waals surface area contributed by atoms with Crippen LogP contribution in [0, 0.1) is 0 Å². The van der Waals surface area contributed by atoms with E-state index in [2.05, 4.69) is 4.74 Å². The second-order valence-electron chi connectivity index (χ2n) is 7.13. The van der Waals surface area contributed by atoms with Gasteiger partial charge in [-0.3, -0.25) is 0 Å². The van der Waals surface area contributed by atoms with Crippen molar-refractivity contribution in [2.75, 3.05) is 0 Å². The zero-order valence-electron chi connectivity index (χ0n) is 18.5. The van der Waals surface area contributed by atoms with Crippen LogP contribution >= 0.6 is 0 Å². The molecule has 0 saturated heterocycles. The molecular formula is C16H4F19NaO4S. The number of benzene rings is 1. The van der Waals surface area contributed by atoms with Gasteiger partial charge in [0.25, 0.3) is 0 Å². The molecule has 0 atom stereocenters. The first kappa shape index (κ1) is 39.3. The second kappa shape index (κ2) is 11.1. The Morgan fingerprint density at radius 2 is 0.902 bits per heavy atom. The molecule has 0 amide bonds. The summed E-state index contributed by atoms with van der Waals surface area (Å²) < 4.78 is 286. The third-order valence-electron chi connectivity index (χ3n) is 4.49. The third kappa shape index (κ3) is 6.07. The Bertz CT molecular complexity index is 1240. The van der Waals surface area contributed by atoms with E-state index in [-0.39, 0.29) is 53.8 Å². The van der Waals surface area contributed by atoms with Crippen molar-refractivity contribution in [2.24, 2.45) is 0 Å². The molecule has 232 valence electrons. The molecule has 0 aromatic heterocycles. The number of hydrogen-bond donors (Lipinski definition) is 0. The fourth-order valence-electron chi connectivity index (χ4n) is 2.25. The molecule has 1 aromatic rings. The van der Waals surface area contributed by atoms with Crippen LogP contribution in [0.5, 0.6) is 5.75 Å². The van der Waals surface area contributed by atoms with Gasteiger partial charge in [-0.25, -0.2) is 8.42 Å². The van der Waals surface area contributed by atoms with Crippen LogP contribution in [0.4, 0.5) is 83.4 Å². The molecule has 0 aliphatic heterocycles. The van der Waals surface area contributed by atoms with Gasteiger partial charge in [0.2, 0.25) is 5.83 Å². The number of alkyl halides is 17. The van der Waals surface area contributed by atoms with Crippen LogP contribution in [0.15, 0.2) is 41.0 Å². The molecule has 0 spiro atoms. The van der Waals surface area contributed by atoms with Crippen LogP contribution in [-0.2, 0) is 10.1 Å². The van der Waals surface area contributed by atoms with Crippen LogP contribution in [0.3, 0.4) is 0 Å². The Morgan fingerprint density at radius 3 is 1.22 bits per heavy atom. The van der Waals surface area contributed by atoms with Gasteiger partial charge in [-0.2, -0.15) is 83.4 Å². The Labute approximate surface area is 235 Å². The van der Waals surface area contributed by atoms with Gasteiger partial charge in [0.1, 0.15) is 15.9 Å². The van der Waals surface area contributed by atoms with Crippen molar-refractivity contribution < 1.29 is 131 Å². The zero-order valence-corrected chi connectivity index (χ0v) is 21.3. The van der Waals surface area contributed by atoms with E-state index < -0.39 is 80.2 Å². The fraction of sp³-hybridized carbons (Fsp3) is 0.500. The van der Waals surface area contributed by atoms with Crippen molar-refractivity contribution in [1.82, 2.24) is 0 Å². The third-order valence-corrected chi connectivity index (χ3v) is 5.34. The van der Waals surface area contributed by atoms with Crippen LogP contribution < -0.4 is 34.3 Å². The minimum atomic E-state index is -9.00. The van der Waals surface area contributed by atoms with E-state index in [9.17, 15) is 96.4 Å². The van der Waals surface area contributed by atoms with Crippen LogP contribution in [0.25, 0.3) is 0 Å². The summed E-state index contributed by atoms with van der Waals surface area (Å²) in [5.74, 6) is -66.5. The number of allylic oxidation sites excluding steroid dienone is 1. The van der Waals surface area contributed by atoms with Crippen molar-refractivity contribution in [3.05, 3.63) is 36.1 Å². The van der Waals surface area contributed by atoms with Gasteiger partial charge in [-0.15, -0.1) is 0 Å². The molecule has 0 bridgehead atoms. The summed E-state index contributed by atoms with van der Waals surface area (Å²) in [5, 5.41) is 0. The summed E-state index contributed by atoms with van der Waals surface area (Å²) in [6, 6.07) is -3.32. The molecule has 25 heteroatoms. The number of rotatable bonds is 10. The second-order valence-corrected chi connectivity index (χ2v) is 8.51. The maximum Gasteiger partial charge on any atom is 1.00 e. The van der Waals surface area contributed by atoms with E-state index in [0.717, 1.165) is 0 Å². The molecule has 0 aliphatic rings. The van der Waals surface area contributed by atoms with E-state index in [1.807, 2.05) is 0 Å². The Balaban J connectivity index is 0.0000160. The summed E-state index contributed by atoms with van der Waals surface area (Å²) in [6.07, 6.45) is -7.96. The summed E-state index contributed by atoms with van der Waals surface area (Å²) >= 11 is 0. The minimum Gasteiger partial charge on any atom is -0.744 e. The predicted octanol–water partition coefficient (Wildman–Crippen LogP) is 4.09. The molecule has 0 unspecified atom stereocenters. The standard InChI is InChI=1S/C16H5F19O4S.Na/c17-7(8(18)39-5-1-3-6(4-2-5)40(36,37)38)9(19,20)10(21,22)11(23,24)12(25,26)13(27,28)14(29,30)15(31,32)16(33,34)35;/h1-4H,(H,36,37,38);/q;+1/p-1/b8-7-;. The van der Waals surface area contributed by atoms with Gasteiger partial charge in [0.05, 0.1) is 4.90 Å². The van der Waals surface area contributed by atoms with Crippen LogP contribution in [-0.4, -0.2) is 60.6 Å². The average Bonchev–Trinajstić information content (AvgIpc) is 2.76. The fourth-order valence-corrected chi connectivity index (χ4v) is 2.72. The van der Waals surface area contributed by atoms with E-state index >= 15 is 0 Å². The van der Waals surface area contributed by atoms with Gasteiger partial charge in [0, 0.05) is 0 Å². The number of hydrogen-bond acceptors (Lipinski definition) is 4. The van der Waals surface area contributed by atoms with E-state index in [1.165, 1.54) is 0 Å². The molecule has 0 fully saturated rings.